The van der Waals surface area contributed by atoms with Crippen LogP contribution in [-0.4, -0.2) is 38.1 Å². The zero-order valence-electron chi connectivity index (χ0n) is 12.8. The fraction of sp³-hybridized carbons (Fsp3) is 0.333. The lowest BCUT2D eigenvalue weighted by Gasteiger charge is -2.34. The maximum atomic E-state index is 11.7. The van der Waals surface area contributed by atoms with E-state index in [0.717, 1.165) is 12.2 Å². The minimum absolute atomic E-state index is 0.0153. The van der Waals surface area contributed by atoms with Crippen LogP contribution in [0.2, 0.25) is 0 Å². The first-order valence-electron chi connectivity index (χ1n) is 6.75. The summed E-state index contributed by atoms with van der Waals surface area (Å²) in [5.41, 5.74) is 10.8. The Bertz CT molecular complexity index is 645. The smallest absolute Gasteiger partial charge is 0.332 e. The summed E-state index contributed by atoms with van der Waals surface area (Å²) in [5.74, 6) is -0.525. The van der Waals surface area contributed by atoms with Crippen LogP contribution in [0.1, 0.15) is 5.56 Å². The molecule has 23 heavy (non-hydrogen) atoms. The zero-order chi connectivity index (χ0) is 17.0. The molecule has 0 aliphatic carbocycles. The van der Waals surface area contributed by atoms with Crippen molar-refractivity contribution >= 4 is 11.9 Å². The highest BCUT2D eigenvalue weighted by atomic mass is 16.6. The summed E-state index contributed by atoms with van der Waals surface area (Å²) >= 11 is 0. The van der Waals surface area contributed by atoms with E-state index in [1.54, 1.807) is 18.2 Å². The average molecular weight is 322 g/mol. The molecule has 0 spiro atoms. The molecule has 1 aliphatic heterocycles. The Balaban J connectivity index is 2.30. The van der Waals surface area contributed by atoms with Crippen LogP contribution in [-0.2, 0) is 25.5 Å². The third-order valence-electron chi connectivity index (χ3n) is 3.30. The summed E-state index contributed by atoms with van der Waals surface area (Å²) in [7, 11) is 3.01. The van der Waals surface area contributed by atoms with Gasteiger partial charge in [0.2, 0.25) is 12.0 Å². The molecule has 2 unspecified atom stereocenters. The number of benzene rings is 1. The van der Waals surface area contributed by atoms with Crippen LogP contribution in [0.15, 0.2) is 30.4 Å². The number of hydrogen-bond donors (Lipinski definition) is 2. The molecule has 8 nitrogen and oxygen atoms in total. The van der Waals surface area contributed by atoms with Gasteiger partial charge >= 0.3 is 11.9 Å². The fourth-order valence-electron chi connectivity index (χ4n) is 2.13. The molecular weight excluding hydrogens is 304 g/mol. The number of esters is 2. The van der Waals surface area contributed by atoms with Gasteiger partial charge in [0.25, 0.3) is 0 Å². The summed E-state index contributed by atoms with van der Waals surface area (Å²) in [5, 5.41) is 0. The highest BCUT2D eigenvalue weighted by Crippen LogP contribution is 2.29. The van der Waals surface area contributed by atoms with E-state index in [1.165, 1.54) is 14.2 Å². The van der Waals surface area contributed by atoms with Crippen molar-refractivity contribution < 1.29 is 28.5 Å². The number of carbonyl (C=O) groups is 2. The first-order valence-corrected chi connectivity index (χ1v) is 6.75. The Morgan fingerprint density at radius 1 is 1.13 bits per heavy atom. The number of cyclic esters (lactones) is 2. The lowest BCUT2D eigenvalue weighted by molar-refractivity contribution is -0.181. The summed E-state index contributed by atoms with van der Waals surface area (Å²) < 4.78 is 20.4. The number of nitrogens with two attached hydrogens (primary N) is 2. The maximum absolute atomic E-state index is 11.7. The van der Waals surface area contributed by atoms with Gasteiger partial charge in [-0.3, -0.25) is 11.5 Å². The SMILES string of the molecule is COc1ccc(CC2(N)OC(=O)/C=C\C(=O)OC2N)cc1OC. The first kappa shape index (κ1) is 16.8. The Morgan fingerprint density at radius 3 is 2.43 bits per heavy atom. The fourth-order valence-corrected chi connectivity index (χ4v) is 2.13. The number of carbonyl (C=O) groups excluding carboxylic acids is 2. The third kappa shape index (κ3) is 3.79. The summed E-state index contributed by atoms with van der Waals surface area (Å²) in [6.45, 7) is 0. The average Bonchev–Trinajstić information content (AvgIpc) is 2.51. The van der Waals surface area contributed by atoms with Gasteiger partial charge in [0.15, 0.2) is 11.5 Å². The van der Waals surface area contributed by atoms with Crippen molar-refractivity contribution in [3.8, 4) is 11.5 Å². The first-order chi connectivity index (χ1) is 10.9. The standard InChI is InChI=1S/C15H18N2O6/c1-20-10-4-3-9(7-11(10)21-2)8-15(17)14(16)22-12(18)5-6-13(19)23-15/h3-7,14H,8,16-17H2,1-2H3/b6-5-. The van der Waals surface area contributed by atoms with Gasteiger partial charge in [0, 0.05) is 18.6 Å². The molecule has 1 heterocycles. The van der Waals surface area contributed by atoms with Gasteiger partial charge in [0.1, 0.15) is 0 Å². The number of methoxy groups -OCH3 is 2. The highest BCUT2D eigenvalue weighted by molar-refractivity contribution is 5.92. The van der Waals surface area contributed by atoms with Crippen LogP contribution in [0.5, 0.6) is 11.5 Å². The van der Waals surface area contributed by atoms with Gasteiger partial charge in [-0.15, -0.1) is 0 Å². The van der Waals surface area contributed by atoms with Crippen molar-refractivity contribution in [3.63, 3.8) is 0 Å². The molecule has 1 aromatic rings. The van der Waals surface area contributed by atoms with Crippen molar-refractivity contribution in [2.24, 2.45) is 11.5 Å². The van der Waals surface area contributed by atoms with E-state index in [-0.39, 0.29) is 6.42 Å². The van der Waals surface area contributed by atoms with E-state index in [1.807, 2.05) is 0 Å². The molecule has 124 valence electrons. The minimum Gasteiger partial charge on any atom is -0.493 e. The van der Waals surface area contributed by atoms with E-state index in [2.05, 4.69) is 0 Å². The Hall–Kier alpha value is -2.58. The Kier molecular flexibility index (Phi) is 4.87. The lowest BCUT2D eigenvalue weighted by atomic mass is 10.0. The van der Waals surface area contributed by atoms with Gasteiger partial charge in [-0.25, -0.2) is 9.59 Å². The van der Waals surface area contributed by atoms with Crippen molar-refractivity contribution in [1.82, 2.24) is 0 Å². The van der Waals surface area contributed by atoms with Crippen molar-refractivity contribution in [2.75, 3.05) is 14.2 Å². The summed E-state index contributed by atoms with van der Waals surface area (Å²) in [4.78, 5) is 23.1. The molecule has 0 saturated carbocycles. The third-order valence-corrected chi connectivity index (χ3v) is 3.30. The monoisotopic (exact) mass is 322 g/mol. The minimum atomic E-state index is -1.71. The molecule has 2 atom stereocenters. The van der Waals surface area contributed by atoms with Crippen molar-refractivity contribution in [3.05, 3.63) is 35.9 Å². The molecular formula is C15H18N2O6. The van der Waals surface area contributed by atoms with E-state index in [0.29, 0.717) is 17.1 Å². The Labute approximate surface area is 132 Å². The van der Waals surface area contributed by atoms with Crippen LogP contribution >= 0.6 is 0 Å². The van der Waals surface area contributed by atoms with E-state index in [4.69, 9.17) is 30.4 Å². The molecule has 0 amide bonds. The second-order valence-electron chi connectivity index (χ2n) is 4.93. The van der Waals surface area contributed by atoms with Crippen LogP contribution in [0, 0.1) is 0 Å². The van der Waals surface area contributed by atoms with Crippen molar-refractivity contribution in [2.45, 2.75) is 18.4 Å². The quantitative estimate of drug-likeness (QED) is 0.733. The van der Waals surface area contributed by atoms with Gasteiger partial charge in [-0.05, 0) is 17.7 Å². The number of rotatable bonds is 4. The maximum Gasteiger partial charge on any atom is 0.332 e. The molecule has 2 rings (SSSR count). The molecule has 0 fully saturated rings. The zero-order valence-corrected chi connectivity index (χ0v) is 12.8. The normalized spacial score (nSPS) is 25.7. The molecule has 0 saturated heterocycles. The molecule has 0 bridgehead atoms. The van der Waals surface area contributed by atoms with E-state index >= 15 is 0 Å². The highest BCUT2D eigenvalue weighted by Gasteiger charge is 2.40. The van der Waals surface area contributed by atoms with Gasteiger partial charge < -0.3 is 18.9 Å². The largest absolute Gasteiger partial charge is 0.493 e. The second-order valence-corrected chi connectivity index (χ2v) is 4.93. The van der Waals surface area contributed by atoms with Crippen LogP contribution in [0.4, 0.5) is 0 Å². The number of ether oxygens (including phenoxy) is 4. The summed E-state index contributed by atoms with van der Waals surface area (Å²) in [6, 6.07) is 5.07. The summed E-state index contributed by atoms with van der Waals surface area (Å²) in [6.07, 6.45) is 0.557. The molecule has 0 aromatic heterocycles. The van der Waals surface area contributed by atoms with Crippen LogP contribution in [0.3, 0.4) is 0 Å². The lowest BCUT2D eigenvalue weighted by Crippen LogP contribution is -2.61. The van der Waals surface area contributed by atoms with E-state index in [9.17, 15) is 9.59 Å². The van der Waals surface area contributed by atoms with E-state index < -0.39 is 23.9 Å². The molecule has 0 radical (unpaired) electrons. The van der Waals surface area contributed by atoms with Crippen molar-refractivity contribution in [1.29, 1.82) is 0 Å². The second kappa shape index (κ2) is 6.67. The van der Waals surface area contributed by atoms with Gasteiger partial charge in [-0.1, -0.05) is 6.07 Å². The van der Waals surface area contributed by atoms with Crippen LogP contribution < -0.4 is 20.9 Å². The number of hydrogen-bond acceptors (Lipinski definition) is 8. The van der Waals surface area contributed by atoms with Gasteiger partial charge in [-0.2, -0.15) is 0 Å². The van der Waals surface area contributed by atoms with Crippen LogP contribution in [0.25, 0.3) is 0 Å². The molecule has 1 aromatic carbocycles. The predicted octanol–water partition coefficient (Wildman–Crippen LogP) is -0.158. The predicted molar refractivity (Wildman–Crippen MR) is 79.5 cm³/mol. The van der Waals surface area contributed by atoms with Gasteiger partial charge in [0.05, 0.1) is 14.2 Å². The molecule has 8 heteroatoms. The Morgan fingerprint density at radius 2 is 1.78 bits per heavy atom. The molecule has 1 aliphatic rings. The molecule has 4 N–H and O–H groups in total. The topological polar surface area (TPSA) is 123 Å².